The molecule has 1 aromatic carbocycles. The molecule has 0 spiro atoms. The molecule has 0 fully saturated rings. The number of hydrogen-bond donors (Lipinski definition) is 1. The van der Waals surface area contributed by atoms with E-state index in [1.807, 2.05) is 41.0 Å². The van der Waals surface area contributed by atoms with Gasteiger partial charge in [-0.15, -0.1) is 0 Å². The highest BCUT2D eigenvalue weighted by molar-refractivity contribution is 7.79. The van der Waals surface area contributed by atoms with Gasteiger partial charge in [-0.1, -0.05) is 25.1 Å². The first-order valence-corrected chi connectivity index (χ1v) is 7.32. The van der Waals surface area contributed by atoms with Crippen LogP contribution in [0.1, 0.15) is 18.9 Å². The average molecular weight is 289 g/mol. The van der Waals surface area contributed by atoms with Crippen molar-refractivity contribution in [3.8, 4) is 17.0 Å². The number of ether oxygens (including phenoxy) is 1. The summed E-state index contributed by atoms with van der Waals surface area (Å²) in [6, 6.07) is 11.6. The van der Waals surface area contributed by atoms with Crippen LogP contribution in [-0.4, -0.2) is 11.7 Å². The third-order valence-corrected chi connectivity index (χ3v) is 3.58. The Kier molecular flexibility index (Phi) is 4.90. The van der Waals surface area contributed by atoms with Crippen LogP contribution in [0.4, 0.5) is 0 Å². The summed E-state index contributed by atoms with van der Waals surface area (Å²) in [5, 5.41) is 0. The standard InChI is InChI=1S/C16H19NO2S/c1-3-9-17-15(8-7-13(11-20)16(17)18)12-5-4-6-14(10-12)19-2/h4-8,10,20H,3,9,11H2,1-2H3. The summed E-state index contributed by atoms with van der Waals surface area (Å²) < 4.78 is 7.07. The van der Waals surface area contributed by atoms with E-state index in [0.29, 0.717) is 12.3 Å². The molecule has 0 unspecified atom stereocenters. The lowest BCUT2D eigenvalue weighted by Crippen LogP contribution is -2.24. The Morgan fingerprint density at radius 1 is 1.25 bits per heavy atom. The zero-order chi connectivity index (χ0) is 14.5. The average Bonchev–Trinajstić information content (AvgIpc) is 2.49. The zero-order valence-corrected chi connectivity index (χ0v) is 12.7. The Balaban J connectivity index is 2.60. The van der Waals surface area contributed by atoms with Crippen LogP contribution in [-0.2, 0) is 12.3 Å². The second-order valence-corrected chi connectivity index (χ2v) is 4.91. The van der Waals surface area contributed by atoms with Gasteiger partial charge in [0.25, 0.3) is 5.56 Å². The maximum Gasteiger partial charge on any atom is 0.255 e. The largest absolute Gasteiger partial charge is 0.497 e. The van der Waals surface area contributed by atoms with Crippen molar-refractivity contribution in [1.82, 2.24) is 4.57 Å². The molecule has 20 heavy (non-hydrogen) atoms. The van der Waals surface area contributed by atoms with Crippen LogP contribution in [0.15, 0.2) is 41.2 Å². The highest BCUT2D eigenvalue weighted by Gasteiger charge is 2.09. The second kappa shape index (κ2) is 6.66. The smallest absolute Gasteiger partial charge is 0.255 e. The van der Waals surface area contributed by atoms with Crippen molar-refractivity contribution in [2.45, 2.75) is 25.6 Å². The number of rotatable bonds is 5. The molecule has 0 amide bonds. The van der Waals surface area contributed by atoms with Crippen molar-refractivity contribution in [1.29, 1.82) is 0 Å². The van der Waals surface area contributed by atoms with Gasteiger partial charge in [-0.25, -0.2) is 0 Å². The summed E-state index contributed by atoms with van der Waals surface area (Å²) in [5.41, 5.74) is 2.68. The first-order valence-electron chi connectivity index (χ1n) is 6.69. The molecule has 1 aromatic heterocycles. The van der Waals surface area contributed by atoms with Crippen LogP contribution in [0, 0.1) is 0 Å². The lowest BCUT2D eigenvalue weighted by atomic mass is 10.1. The van der Waals surface area contributed by atoms with Crippen molar-refractivity contribution in [2.24, 2.45) is 0 Å². The van der Waals surface area contributed by atoms with Gasteiger partial charge in [-0.05, 0) is 24.6 Å². The maximum absolute atomic E-state index is 12.4. The monoisotopic (exact) mass is 289 g/mol. The maximum atomic E-state index is 12.4. The molecule has 0 saturated heterocycles. The summed E-state index contributed by atoms with van der Waals surface area (Å²) in [6.45, 7) is 2.77. The number of hydrogen-bond acceptors (Lipinski definition) is 3. The van der Waals surface area contributed by atoms with Gasteiger partial charge in [-0.2, -0.15) is 12.6 Å². The molecular weight excluding hydrogens is 270 g/mol. The SMILES string of the molecule is CCCn1c(-c2cccc(OC)c2)ccc(CS)c1=O. The van der Waals surface area contributed by atoms with Gasteiger partial charge in [0.05, 0.1) is 12.8 Å². The van der Waals surface area contributed by atoms with Crippen LogP contribution < -0.4 is 10.3 Å². The molecule has 0 N–H and O–H groups in total. The minimum atomic E-state index is 0.0437. The third kappa shape index (κ3) is 2.90. The molecular formula is C16H19NO2S. The van der Waals surface area contributed by atoms with Gasteiger partial charge in [0, 0.05) is 23.4 Å². The van der Waals surface area contributed by atoms with Gasteiger partial charge < -0.3 is 9.30 Å². The molecule has 3 nitrogen and oxygen atoms in total. The van der Waals surface area contributed by atoms with E-state index in [1.165, 1.54) is 0 Å². The van der Waals surface area contributed by atoms with Crippen molar-refractivity contribution in [3.63, 3.8) is 0 Å². The minimum absolute atomic E-state index is 0.0437. The lowest BCUT2D eigenvalue weighted by molar-refractivity contribution is 0.415. The fraction of sp³-hybridized carbons (Fsp3) is 0.312. The van der Waals surface area contributed by atoms with Crippen molar-refractivity contribution >= 4 is 12.6 Å². The van der Waals surface area contributed by atoms with Crippen LogP contribution in [0.3, 0.4) is 0 Å². The van der Waals surface area contributed by atoms with Crippen LogP contribution in [0.25, 0.3) is 11.3 Å². The lowest BCUT2D eigenvalue weighted by Gasteiger charge is -2.14. The predicted molar refractivity (Wildman–Crippen MR) is 85.7 cm³/mol. The Morgan fingerprint density at radius 3 is 2.70 bits per heavy atom. The third-order valence-electron chi connectivity index (χ3n) is 3.24. The molecule has 2 rings (SSSR count). The van der Waals surface area contributed by atoms with Crippen molar-refractivity contribution in [2.75, 3.05) is 7.11 Å². The van der Waals surface area contributed by atoms with Gasteiger partial charge in [0.2, 0.25) is 0 Å². The summed E-state index contributed by atoms with van der Waals surface area (Å²) in [5.74, 6) is 1.25. The van der Waals surface area contributed by atoms with E-state index in [4.69, 9.17) is 4.74 Å². The van der Waals surface area contributed by atoms with Gasteiger partial charge in [0.1, 0.15) is 5.75 Å². The van der Waals surface area contributed by atoms with E-state index >= 15 is 0 Å². The molecule has 4 heteroatoms. The van der Waals surface area contributed by atoms with E-state index in [2.05, 4.69) is 19.6 Å². The Hall–Kier alpha value is -1.68. The molecule has 106 valence electrons. The molecule has 0 saturated carbocycles. The van der Waals surface area contributed by atoms with Crippen LogP contribution in [0.5, 0.6) is 5.75 Å². The minimum Gasteiger partial charge on any atom is -0.497 e. The summed E-state index contributed by atoms with van der Waals surface area (Å²) >= 11 is 4.21. The number of thiol groups is 1. The molecule has 0 radical (unpaired) electrons. The van der Waals surface area contributed by atoms with E-state index in [1.54, 1.807) is 7.11 Å². The normalized spacial score (nSPS) is 10.6. The van der Waals surface area contributed by atoms with E-state index in [9.17, 15) is 4.79 Å². The zero-order valence-electron chi connectivity index (χ0n) is 11.8. The van der Waals surface area contributed by atoms with E-state index in [-0.39, 0.29) is 5.56 Å². The molecule has 0 aliphatic heterocycles. The fourth-order valence-corrected chi connectivity index (χ4v) is 2.46. The first kappa shape index (κ1) is 14.7. The predicted octanol–water partition coefficient (Wildman–Crippen LogP) is 3.36. The molecule has 1 heterocycles. The van der Waals surface area contributed by atoms with Crippen LogP contribution in [0.2, 0.25) is 0 Å². The number of benzene rings is 1. The Morgan fingerprint density at radius 2 is 2.05 bits per heavy atom. The number of pyridine rings is 1. The van der Waals surface area contributed by atoms with E-state index < -0.39 is 0 Å². The highest BCUT2D eigenvalue weighted by Crippen LogP contribution is 2.23. The number of nitrogens with zero attached hydrogens (tertiary/aromatic N) is 1. The second-order valence-electron chi connectivity index (χ2n) is 4.59. The first-order chi connectivity index (χ1) is 9.71. The van der Waals surface area contributed by atoms with Crippen molar-refractivity contribution in [3.05, 3.63) is 52.3 Å². The van der Waals surface area contributed by atoms with E-state index in [0.717, 1.165) is 29.0 Å². The van der Waals surface area contributed by atoms with Gasteiger partial charge >= 0.3 is 0 Å². The molecule has 0 bridgehead atoms. The van der Waals surface area contributed by atoms with Gasteiger partial charge in [0.15, 0.2) is 0 Å². The summed E-state index contributed by atoms with van der Waals surface area (Å²) in [6.07, 6.45) is 0.910. The Labute approximate surface area is 124 Å². The Bertz CT molecular complexity index is 649. The molecule has 0 aliphatic carbocycles. The molecule has 2 aromatic rings. The van der Waals surface area contributed by atoms with Crippen LogP contribution >= 0.6 is 12.6 Å². The summed E-state index contributed by atoms with van der Waals surface area (Å²) in [4.78, 5) is 12.4. The number of methoxy groups -OCH3 is 1. The fourth-order valence-electron chi connectivity index (χ4n) is 2.22. The highest BCUT2D eigenvalue weighted by atomic mass is 32.1. The molecule has 0 atom stereocenters. The summed E-state index contributed by atoms with van der Waals surface area (Å²) in [7, 11) is 1.64. The quantitative estimate of drug-likeness (QED) is 0.856. The van der Waals surface area contributed by atoms with Crippen molar-refractivity contribution < 1.29 is 4.74 Å². The topological polar surface area (TPSA) is 31.2 Å². The number of aromatic nitrogens is 1. The molecule has 0 aliphatic rings. The van der Waals surface area contributed by atoms with Gasteiger partial charge in [-0.3, -0.25) is 4.79 Å².